The van der Waals surface area contributed by atoms with Gasteiger partial charge in [-0.2, -0.15) is 0 Å². The molecule has 7 heteroatoms. The third-order valence-corrected chi connectivity index (χ3v) is 3.82. The van der Waals surface area contributed by atoms with Crippen LogP contribution in [0, 0.1) is 5.92 Å². The fourth-order valence-corrected chi connectivity index (χ4v) is 2.58. The standard InChI is InChI=1S/C9H13ClN2O3S/c1-7(6-13)5-12-16(14,15)8-3-2-4-11-9(8)10/h2-4,7,12-13H,5-6H2,1H3. The van der Waals surface area contributed by atoms with E-state index in [1.165, 1.54) is 18.3 Å². The first-order valence-electron chi connectivity index (χ1n) is 4.68. The lowest BCUT2D eigenvalue weighted by Crippen LogP contribution is -2.29. The summed E-state index contributed by atoms with van der Waals surface area (Å²) in [4.78, 5) is 3.64. The third kappa shape index (κ3) is 3.41. The number of halogens is 1. The largest absolute Gasteiger partial charge is 0.396 e. The van der Waals surface area contributed by atoms with E-state index in [0.717, 1.165) is 0 Å². The molecule has 0 amide bonds. The molecule has 0 radical (unpaired) electrons. The summed E-state index contributed by atoms with van der Waals surface area (Å²) in [6.45, 7) is 1.81. The van der Waals surface area contributed by atoms with Crippen molar-refractivity contribution in [3.05, 3.63) is 23.5 Å². The third-order valence-electron chi connectivity index (χ3n) is 1.95. The fourth-order valence-electron chi connectivity index (χ4n) is 0.966. The first-order chi connectivity index (χ1) is 7.47. The van der Waals surface area contributed by atoms with Gasteiger partial charge in [-0.25, -0.2) is 18.1 Å². The van der Waals surface area contributed by atoms with E-state index in [9.17, 15) is 8.42 Å². The van der Waals surface area contributed by atoms with E-state index >= 15 is 0 Å². The summed E-state index contributed by atoms with van der Waals surface area (Å²) < 4.78 is 25.9. The molecule has 0 bridgehead atoms. The molecule has 0 spiro atoms. The van der Waals surface area contributed by atoms with E-state index in [-0.39, 0.29) is 29.1 Å². The number of aromatic nitrogens is 1. The molecule has 1 atom stereocenters. The topological polar surface area (TPSA) is 79.3 Å². The first kappa shape index (κ1) is 13.4. The summed E-state index contributed by atoms with van der Waals surface area (Å²) >= 11 is 5.68. The van der Waals surface area contributed by atoms with E-state index in [0.29, 0.717) is 0 Å². The summed E-state index contributed by atoms with van der Waals surface area (Å²) in [5.41, 5.74) is 0. The lowest BCUT2D eigenvalue weighted by atomic mass is 10.2. The quantitative estimate of drug-likeness (QED) is 0.765. The van der Waals surface area contributed by atoms with E-state index in [1.54, 1.807) is 6.92 Å². The maximum absolute atomic E-state index is 11.8. The van der Waals surface area contributed by atoms with Crippen LogP contribution in [0.5, 0.6) is 0 Å². The minimum absolute atomic E-state index is 0.0539. The molecule has 0 fully saturated rings. The van der Waals surface area contributed by atoms with Crippen LogP contribution in [0.3, 0.4) is 0 Å². The first-order valence-corrected chi connectivity index (χ1v) is 6.54. The van der Waals surface area contributed by atoms with Crippen LogP contribution in [-0.2, 0) is 10.0 Å². The smallest absolute Gasteiger partial charge is 0.243 e. The number of aliphatic hydroxyl groups excluding tert-OH is 1. The van der Waals surface area contributed by atoms with Gasteiger partial charge in [0.05, 0.1) is 0 Å². The Bertz CT molecular complexity index is 450. The van der Waals surface area contributed by atoms with E-state index < -0.39 is 10.0 Å². The second-order valence-corrected chi connectivity index (χ2v) is 5.53. The van der Waals surface area contributed by atoms with Crippen LogP contribution in [0.1, 0.15) is 6.92 Å². The van der Waals surface area contributed by atoms with Gasteiger partial charge >= 0.3 is 0 Å². The highest BCUT2D eigenvalue weighted by Gasteiger charge is 2.18. The van der Waals surface area contributed by atoms with Gasteiger partial charge in [-0.15, -0.1) is 0 Å². The number of nitrogens with one attached hydrogen (secondary N) is 1. The Labute approximate surface area is 99.5 Å². The molecule has 0 aromatic carbocycles. The highest BCUT2D eigenvalue weighted by Crippen LogP contribution is 2.17. The van der Waals surface area contributed by atoms with E-state index in [2.05, 4.69) is 9.71 Å². The van der Waals surface area contributed by atoms with Crippen LogP contribution in [0.4, 0.5) is 0 Å². The number of rotatable bonds is 5. The summed E-state index contributed by atoms with van der Waals surface area (Å²) in [5, 5.41) is 8.72. The van der Waals surface area contributed by atoms with Crippen molar-refractivity contribution in [3.8, 4) is 0 Å². The summed E-state index contributed by atoms with van der Waals surface area (Å²) in [7, 11) is -3.65. The van der Waals surface area contributed by atoms with Crippen LogP contribution >= 0.6 is 11.6 Å². The zero-order chi connectivity index (χ0) is 12.2. The molecule has 1 aromatic heterocycles. The summed E-state index contributed by atoms with van der Waals surface area (Å²) in [6, 6.07) is 2.87. The molecular weight excluding hydrogens is 252 g/mol. The molecule has 1 aromatic rings. The number of sulfonamides is 1. The van der Waals surface area contributed by atoms with Gasteiger partial charge in [-0.3, -0.25) is 0 Å². The number of pyridine rings is 1. The predicted molar refractivity (Wildman–Crippen MR) is 60.7 cm³/mol. The molecule has 1 rings (SSSR count). The normalized spacial score (nSPS) is 13.7. The molecule has 16 heavy (non-hydrogen) atoms. The molecule has 1 heterocycles. The van der Waals surface area contributed by atoms with Gasteiger partial charge in [0.25, 0.3) is 0 Å². The Balaban J connectivity index is 2.83. The van der Waals surface area contributed by atoms with Crippen LogP contribution in [0.25, 0.3) is 0 Å². The predicted octanol–water partition coefficient (Wildman–Crippen LogP) is 0.642. The van der Waals surface area contributed by atoms with Crippen molar-refractivity contribution in [2.75, 3.05) is 13.2 Å². The maximum atomic E-state index is 11.8. The molecule has 90 valence electrons. The molecule has 0 aliphatic heterocycles. The number of hydrogen-bond acceptors (Lipinski definition) is 4. The molecule has 5 nitrogen and oxygen atoms in total. The van der Waals surface area contributed by atoms with Crippen molar-refractivity contribution >= 4 is 21.6 Å². The molecule has 1 unspecified atom stereocenters. The fraction of sp³-hybridized carbons (Fsp3) is 0.444. The van der Waals surface area contributed by atoms with Gasteiger partial charge in [0.15, 0.2) is 0 Å². The van der Waals surface area contributed by atoms with Crippen LogP contribution in [-0.4, -0.2) is 31.7 Å². The van der Waals surface area contributed by atoms with Crippen molar-refractivity contribution < 1.29 is 13.5 Å². The molecule has 0 saturated carbocycles. The van der Waals surface area contributed by atoms with E-state index in [4.69, 9.17) is 16.7 Å². The Hall–Kier alpha value is -0.690. The summed E-state index contributed by atoms with van der Waals surface area (Å²) in [6.07, 6.45) is 1.41. The summed E-state index contributed by atoms with van der Waals surface area (Å²) in [5.74, 6) is -0.148. The van der Waals surface area contributed by atoms with Crippen molar-refractivity contribution in [1.29, 1.82) is 0 Å². The minimum atomic E-state index is -3.65. The minimum Gasteiger partial charge on any atom is -0.396 e. The Morgan fingerprint density at radius 2 is 2.31 bits per heavy atom. The highest BCUT2D eigenvalue weighted by atomic mass is 35.5. The average Bonchev–Trinajstić information content (AvgIpc) is 2.26. The Morgan fingerprint density at radius 1 is 1.62 bits per heavy atom. The van der Waals surface area contributed by atoms with Crippen molar-refractivity contribution in [2.45, 2.75) is 11.8 Å². The van der Waals surface area contributed by atoms with Crippen molar-refractivity contribution in [2.24, 2.45) is 5.92 Å². The monoisotopic (exact) mass is 264 g/mol. The van der Waals surface area contributed by atoms with Crippen LogP contribution in [0.15, 0.2) is 23.2 Å². The van der Waals surface area contributed by atoms with E-state index in [1.807, 2.05) is 0 Å². The molecule has 0 aliphatic carbocycles. The lowest BCUT2D eigenvalue weighted by Gasteiger charge is -2.10. The molecule has 0 saturated heterocycles. The number of hydrogen-bond donors (Lipinski definition) is 2. The second-order valence-electron chi connectivity index (χ2n) is 3.43. The zero-order valence-corrected chi connectivity index (χ0v) is 10.3. The maximum Gasteiger partial charge on any atom is 0.243 e. The second kappa shape index (κ2) is 5.58. The number of nitrogens with zero attached hydrogens (tertiary/aromatic N) is 1. The van der Waals surface area contributed by atoms with Crippen molar-refractivity contribution in [1.82, 2.24) is 9.71 Å². The Morgan fingerprint density at radius 3 is 2.88 bits per heavy atom. The van der Waals surface area contributed by atoms with Gasteiger partial charge in [0.2, 0.25) is 10.0 Å². The molecule has 0 aliphatic rings. The average molecular weight is 265 g/mol. The SMILES string of the molecule is CC(CO)CNS(=O)(=O)c1cccnc1Cl. The molecular formula is C9H13ClN2O3S. The van der Waals surface area contributed by atoms with Gasteiger partial charge in [-0.1, -0.05) is 18.5 Å². The van der Waals surface area contributed by atoms with Gasteiger partial charge < -0.3 is 5.11 Å². The van der Waals surface area contributed by atoms with Crippen molar-refractivity contribution in [3.63, 3.8) is 0 Å². The van der Waals surface area contributed by atoms with Gasteiger partial charge in [0.1, 0.15) is 10.0 Å². The zero-order valence-electron chi connectivity index (χ0n) is 8.72. The highest BCUT2D eigenvalue weighted by molar-refractivity contribution is 7.89. The Kier molecular flexibility index (Phi) is 4.67. The van der Waals surface area contributed by atoms with Crippen LogP contribution < -0.4 is 4.72 Å². The number of aliphatic hydroxyl groups is 1. The molecule has 2 N–H and O–H groups in total. The van der Waals surface area contributed by atoms with Gasteiger partial charge in [-0.05, 0) is 18.1 Å². The van der Waals surface area contributed by atoms with Crippen LogP contribution in [0.2, 0.25) is 5.15 Å². The van der Waals surface area contributed by atoms with Gasteiger partial charge in [0, 0.05) is 19.3 Å². The lowest BCUT2D eigenvalue weighted by molar-refractivity contribution is 0.238.